The number of nitrogens with zero attached hydrogens (tertiary/aromatic N) is 1. The molecular weight excluding hydrogens is 224 g/mol. The molecule has 1 unspecified atom stereocenters. The second kappa shape index (κ2) is 6.76. The molecule has 0 aromatic heterocycles. The molecule has 0 bridgehead atoms. The van der Waals surface area contributed by atoms with Crippen LogP contribution in [0.5, 0.6) is 5.75 Å². The van der Waals surface area contributed by atoms with Crippen LogP contribution >= 0.6 is 0 Å². The summed E-state index contributed by atoms with van der Waals surface area (Å²) in [5.41, 5.74) is 1.40. The average Bonchev–Trinajstić information content (AvgIpc) is 2.40. The van der Waals surface area contributed by atoms with E-state index in [4.69, 9.17) is 4.74 Å². The molecule has 2 rings (SSSR count). The number of hydrogen-bond acceptors (Lipinski definition) is 3. The van der Waals surface area contributed by atoms with E-state index in [1.54, 1.807) is 7.11 Å². The van der Waals surface area contributed by atoms with Crippen LogP contribution in [0.1, 0.15) is 12.5 Å². The molecular formula is C15H24N2O. The monoisotopic (exact) mass is 248 g/mol. The number of rotatable bonds is 5. The van der Waals surface area contributed by atoms with Gasteiger partial charge in [0.25, 0.3) is 0 Å². The van der Waals surface area contributed by atoms with Crippen molar-refractivity contribution in [2.75, 3.05) is 39.8 Å². The summed E-state index contributed by atoms with van der Waals surface area (Å²) in [7, 11) is 1.71. The molecule has 0 radical (unpaired) electrons. The van der Waals surface area contributed by atoms with E-state index < -0.39 is 0 Å². The van der Waals surface area contributed by atoms with Crippen LogP contribution in [0, 0.1) is 5.92 Å². The molecule has 1 aliphatic heterocycles. The summed E-state index contributed by atoms with van der Waals surface area (Å²) < 4.78 is 5.18. The van der Waals surface area contributed by atoms with Gasteiger partial charge in [0, 0.05) is 32.7 Å². The van der Waals surface area contributed by atoms with Gasteiger partial charge in [-0.1, -0.05) is 19.1 Å². The maximum atomic E-state index is 5.18. The van der Waals surface area contributed by atoms with Crippen molar-refractivity contribution < 1.29 is 4.74 Å². The molecule has 1 N–H and O–H groups in total. The molecule has 1 heterocycles. The molecule has 3 heteroatoms. The van der Waals surface area contributed by atoms with Crippen LogP contribution < -0.4 is 10.1 Å². The molecule has 3 nitrogen and oxygen atoms in total. The van der Waals surface area contributed by atoms with Crippen LogP contribution in [0.4, 0.5) is 0 Å². The van der Waals surface area contributed by atoms with Gasteiger partial charge in [-0.15, -0.1) is 0 Å². The molecule has 100 valence electrons. The van der Waals surface area contributed by atoms with Crippen molar-refractivity contribution in [1.82, 2.24) is 10.2 Å². The van der Waals surface area contributed by atoms with E-state index in [1.165, 1.54) is 25.2 Å². The van der Waals surface area contributed by atoms with Crippen LogP contribution in [0.15, 0.2) is 24.3 Å². The normalized spacial score (nSPS) is 18.6. The molecule has 1 saturated heterocycles. The van der Waals surface area contributed by atoms with Crippen LogP contribution in [-0.2, 0) is 6.42 Å². The summed E-state index contributed by atoms with van der Waals surface area (Å²) in [6.07, 6.45) is 1.15. The molecule has 0 saturated carbocycles. The minimum absolute atomic E-state index is 0.705. The fourth-order valence-electron chi connectivity index (χ4n) is 2.56. The maximum absolute atomic E-state index is 5.18. The lowest BCUT2D eigenvalue weighted by Gasteiger charge is -2.29. The summed E-state index contributed by atoms with van der Waals surface area (Å²) in [6, 6.07) is 8.44. The second-order valence-electron chi connectivity index (χ2n) is 5.21. The molecule has 1 aromatic carbocycles. The van der Waals surface area contributed by atoms with Crippen LogP contribution in [0.2, 0.25) is 0 Å². The first-order valence-electron chi connectivity index (χ1n) is 6.84. The summed E-state index contributed by atoms with van der Waals surface area (Å²) in [4.78, 5) is 2.56. The first kappa shape index (κ1) is 13.4. The van der Waals surface area contributed by atoms with Gasteiger partial charge in [0.15, 0.2) is 0 Å². The topological polar surface area (TPSA) is 24.5 Å². The quantitative estimate of drug-likeness (QED) is 0.859. The fraction of sp³-hybridized carbons (Fsp3) is 0.600. The van der Waals surface area contributed by atoms with Crippen molar-refractivity contribution in [3.8, 4) is 5.75 Å². The van der Waals surface area contributed by atoms with Crippen molar-refractivity contribution in [2.45, 2.75) is 13.3 Å². The van der Waals surface area contributed by atoms with Gasteiger partial charge < -0.3 is 15.0 Å². The lowest BCUT2D eigenvalue weighted by atomic mass is 10.0. The van der Waals surface area contributed by atoms with Crippen molar-refractivity contribution in [3.63, 3.8) is 0 Å². The molecule has 1 aromatic rings. The van der Waals surface area contributed by atoms with Crippen LogP contribution in [0.25, 0.3) is 0 Å². The van der Waals surface area contributed by atoms with E-state index in [2.05, 4.69) is 29.3 Å². The third kappa shape index (κ3) is 4.00. The van der Waals surface area contributed by atoms with E-state index in [1.807, 2.05) is 12.1 Å². The van der Waals surface area contributed by atoms with E-state index >= 15 is 0 Å². The second-order valence-corrected chi connectivity index (χ2v) is 5.21. The Morgan fingerprint density at radius 2 is 1.89 bits per heavy atom. The van der Waals surface area contributed by atoms with Gasteiger partial charge in [-0.3, -0.25) is 0 Å². The number of ether oxygens (including phenoxy) is 1. The van der Waals surface area contributed by atoms with E-state index in [0.29, 0.717) is 5.92 Å². The van der Waals surface area contributed by atoms with Gasteiger partial charge in [-0.25, -0.2) is 0 Å². The predicted octanol–water partition coefficient (Wildman–Crippen LogP) is 1.78. The van der Waals surface area contributed by atoms with E-state index in [9.17, 15) is 0 Å². The minimum Gasteiger partial charge on any atom is -0.497 e. The molecule has 0 amide bonds. The van der Waals surface area contributed by atoms with Crippen molar-refractivity contribution in [3.05, 3.63) is 29.8 Å². The Hall–Kier alpha value is -1.06. The highest BCUT2D eigenvalue weighted by Crippen LogP contribution is 2.15. The Kier molecular flexibility index (Phi) is 5.02. The molecule has 18 heavy (non-hydrogen) atoms. The number of benzene rings is 1. The summed E-state index contributed by atoms with van der Waals surface area (Å²) >= 11 is 0. The van der Waals surface area contributed by atoms with Gasteiger partial charge in [0.1, 0.15) is 5.75 Å². The van der Waals surface area contributed by atoms with E-state index in [-0.39, 0.29) is 0 Å². The van der Waals surface area contributed by atoms with Gasteiger partial charge in [-0.05, 0) is 30.0 Å². The highest BCUT2D eigenvalue weighted by atomic mass is 16.5. The third-order valence-electron chi connectivity index (χ3n) is 3.52. The lowest BCUT2D eigenvalue weighted by molar-refractivity contribution is 0.211. The van der Waals surface area contributed by atoms with E-state index in [0.717, 1.165) is 25.3 Å². The first-order chi connectivity index (χ1) is 8.78. The number of methoxy groups -OCH3 is 1. The molecule has 0 spiro atoms. The molecule has 1 atom stereocenters. The Morgan fingerprint density at radius 3 is 2.50 bits per heavy atom. The average molecular weight is 248 g/mol. The standard InChI is InChI=1S/C15H24N2O/c1-13(12-17-9-7-16-8-10-17)11-14-3-5-15(18-2)6-4-14/h3-6,13,16H,7-12H2,1-2H3. The summed E-state index contributed by atoms with van der Waals surface area (Å²) in [5.74, 6) is 1.64. The number of hydrogen-bond donors (Lipinski definition) is 1. The Morgan fingerprint density at radius 1 is 1.22 bits per heavy atom. The van der Waals surface area contributed by atoms with Crippen LogP contribution in [-0.4, -0.2) is 44.7 Å². The molecule has 1 aliphatic rings. The SMILES string of the molecule is COc1ccc(CC(C)CN2CCNCC2)cc1. The zero-order valence-corrected chi connectivity index (χ0v) is 11.5. The largest absolute Gasteiger partial charge is 0.497 e. The Labute approximate surface area is 110 Å². The Bertz CT molecular complexity index is 344. The predicted molar refractivity (Wildman–Crippen MR) is 75.2 cm³/mol. The number of piperazine rings is 1. The maximum Gasteiger partial charge on any atom is 0.118 e. The smallest absolute Gasteiger partial charge is 0.118 e. The first-order valence-corrected chi connectivity index (χ1v) is 6.84. The summed E-state index contributed by atoms with van der Waals surface area (Å²) in [5, 5.41) is 3.39. The van der Waals surface area contributed by atoms with Crippen molar-refractivity contribution >= 4 is 0 Å². The highest BCUT2D eigenvalue weighted by molar-refractivity contribution is 5.27. The van der Waals surface area contributed by atoms with Gasteiger partial charge in [-0.2, -0.15) is 0 Å². The molecule has 1 fully saturated rings. The van der Waals surface area contributed by atoms with Gasteiger partial charge in [0.2, 0.25) is 0 Å². The third-order valence-corrected chi connectivity index (χ3v) is 3.52. The zero-order chi connectivity index (χ0) is 12.8. The lowest BCUT2D eigenvalue weighted by Crippen LogP contribution is -2.45. The fourth-order valence-corrected chi connectivity index (χ4v) is 2.56. The van der Waals surface area contributed by atoms with Crippen LogP contribution in [0.3, 0.4) is 0 Å². The molecule has 0 aliphatic carbocycles. The summed E-state index contributed by atoms with van der Waals surface area (Å²) in [6.45, 7) is 8.18. The van der Waals surface area contributed by atoms with Gasteiger partial charge >= 0.3 is 0 Å². The van der Waals surface area contributed by atoms with Crippen molar-refractivity contribution in [1.29, 1.82) is 0 Å². The highest BCUT2D eigenvalue weighted by Gasteiger charge is 2.13. The van der Waals surface area contributed by atoms with Gasteiger partial charge in [0.05, 0.1) is 7.11 Å². The Balaban J connectivity index is 1.80. The van der Waals surface area contributed by atoms with Crippen molar-refractivity contribution in [2.24, 2.45) is 5.92 Å². The number of nitrogens with one attached hydrogen (secondary N) is 1. The zero-order valence-electron chi connectivity index (χ0n) is 11.5. The minimum atomic E-state index is 0.705.